The average Bonchev–Trinajstić information content (AvgIpc) is 2.15. The van der Waals surface area contributed by atoms with Crippen LogP contribution in [0.1, 0.15) is 0 Å². The molecule has 0 saturated carbocycles. The van der Waals surface area contributed by atoms with Crippen LogP contribution >= 0.6 is 0 Å². The Kier molecular flexibility index (Phi) is 3.58. The molecule has 0 bridgehead atoms. The van der Waals surface area contributed by atoms with Gasteiger partial charge in [0.25, 0.3) is 10.1 Å². The van der Waals surface area contributed by atoms with Crippen molar-refractivity contribution in [2.45, 2.75) is 4.90 Å². The Bertz CT molecular complexity index is 573. The SMILES string of the molecule is O=S(=O)(O)c1cc[c-]c2ccccc12.[Li+]. The van der Waals surface area contributed by atoms with Crippen molar-refractivity contribution < 1.29 is 31.8 Å². The predicted molar refractivity (Wildman–Crippen MR) is 52.6 cm³/mol. The van der Waals surface area contributed by atoms with Crippen LogP contribution in [0.4, 0.5) is 0 Å². The van der Waals surface area contributed by atoms with Gasteiger partial charge >= 0.3 is 18.9 Å². The zero-order valence-corrected chi connectivity index (χ0v) is 8.95. The van der Waals surface area contributed by atoms with Gasteiger partial charge in [0.2, 0.25) is 0 Å². The maximum absolute atomic E-state index is 11.0. The molecule has 2 aromatic rings. The van der Waals surface area contributed by atoms with Crippen LogP contribution in [0.15, 0.2) is 41.3 Å². The van der Waals surface area contributed by atoms with E-state index in [1.807, 2.05) is 0 Å². The van der Waals surface area contributed by atoms with Gasteiger partial charge in [-0.2, -0.15) is 8.42 Å². The average molecular weight is 214 g/mol. The van der Waals surface area contributed by atoms with E-state index < -0.39 is 10.1 Å². The molecule has 0 heterocycles. The normalized spacial score (nSPS) is 11.0. The molecule has 5 heteroatoms. The van der Waals surface area contributed by atoms with E-state index >= 15 is 0 Å². The quantitative estimate of drug-likeness (QED) is 0.372. The maximum atomic E-state index is 11.0. The molecular weight excluding hydrogens is 207 g/mol. The first-order valence-electron chi connectivity index (χ1n) is 3.96. The molecule has 0 radical (unpaired) electrons. The Morgan fingerprint density at radius 2 is 1.80 bits per heavy atom. The van der Waals surface area contributed by atoms with Crippen LogP contribution in [0.2, 0.25) is 0 Å². The molecule has 0 fully saturated rings. The monoisotopic (exact) mass is 214 g/mol. The Morgan fingerprint density at radius 1 is 1.13 bits per heavy atom. The Balaban J connectivity index is 0.00000112. The topological polar surface area (TPSA) is 54.4 Å². The third kappa shape index (κ3) is 2.42. The van der Waals surface area contributed by atoms with E-state index in [1.165, 1.54) is 12.1 Å². The minimum atomic E-state index is -4.15. The van der Waals surface area contributed by atoms with E-state index in [-0.39, 0.29) is 23.8 Å². The molecule has 0 unspecified atom stereocenters. The molecule has 2 aromatic carbocycles. The van der Waals surface area contributed by atoms with Crippen molar-refractivity contribution in [1.82, 2.24) is 0 Å². The first-order valence-corrected chi connectivity index (χ1v) is 5.40. The molecular formula is C10H7LiO3S. The number of benzene rings is 2. The summed E-state index contributed by atoms with van der Waals surface area (Å²) in [4.78, 5) is -0.0770. The summed E-state index contributed by atoms with van der Waals surface area (Å²) in [5, 5.41) is 1.15. The van der Waals surface area contributed by atoms with Gasteiger partial charge in [-0.1, -0.05) is 17.5 Å². The second-order valence-corrected chi connectivity index (χ2v) is 4.25. The molecule has 0 aromatic heterocycles. The Labute approximate surface area is 100 Å². The summed E-state index contributed by atoms with van der Waals surface area (Å²) < 4.78 is 30.9. The molecule has 1 N–H and O–H groups in total. The first kappa shape index (κ1) is 12.3. The first-order chi connectivity index (χ1) is 6.59. The zero-order chi connectivity index (χ0) is 10.2. The van der Waals surface area contributed by atoms with E-state index in [2.05, 4.69) is 6.07 Å². The second-order valence-electron chi connectivity index (χ2n) is 2.86. The maximum Gasteiger partial charge on any atom is 1.00 e. The molecule has 0 spiro atoms. The van der Waals surface area contributed by atoms with Gasteiger partial charge in [0, 0.05) is 4.90 Å². The standard InChI is InChI=1S/C10H7O3S.Li/c11-14(12,13)10-7-3-5-8-4-1-2-6-9(8)10;/h1-4,6-7H,(H,11,12,13);/q-1;+1. The van der Waals surface area contributed by atoms with Gasteiger partial charge in [-0.3, -0.25) is 4.55 Å². The molecule has 72 valence electrons. The molecule has 15 heavy (non-hydrogen) atoms. The number of hydrogen-bond donors (Lipinski definition) is 1. The van der Waals surface area contributed by atoms with E-state index in [1.54, 1.807) is 24.3 Å². The fourth-order valence-electron chi connectivity index (χ4n) is 1.35. The zero-order valence-electron chi connectivity index (χ0n) is 8.14. The molecule has 2 rings (SSSR count). The van der Waals surface area contributed by atoms with Crippen molar-refractivity contribution in [3.63, 3.8) is 0 Å². The minimum Gasteiger partial charge on any atom is -0.283 e. The summed E-state index contributed by atoms with van der Waals surface area (Å²) in [5.74, 6) is 0. The molecule has 0 aliphatic heterocycles. The summed E-state index contributed by atoms with van der Waals surface area (Å²) in [7, 11) is -4.15. The van der Waals surface area contributed by atoms with Crippen molar-refractivity contribution in [1.29, 1.82) is 0 Å². The minimum absolute atomic E-state index is 0. The summed E-state index contributed by atoms with van der Waals surface area (Å²) in [5.41, 5.74) is 0. The van der Waals surface area contributed by atoms with Gasteiger partial charge in [0.15, 0.2) is 0 Å². The van der Waals surface area contributed by atoms with Crippen molar-refractivity contribution >= 4 is 20.9 Å². The molecule has 0 aliphatic rings. The van der Waals surface area contributed by atoms with Gasteiger partial charge in [-0.25, -0.2) is 0 Å². The number of fused-ring (bicyclic) bond motifs is 1. The number of hydrogen-bond acceptors (Lipinski definition) is 2. The molecule has 0 atom stereocenters. The van der Waals surface area contributed by atoms with Crippen LogP contribution in [0.5, 0.6) is 0 Å². The van der Waals surface area contributed by atoms with E-state index in [0.717, 1.165) is 0 Å². The van der Waals surface area contributed by atoms with Crippen molar-refractivity contribution in [3.8, 4) is 0 Å². The van der Waals surface area contributed by atoms with Crippen LogP contribution in [0, 0.1) is 6.07 Å². The fraction of sp³-hybridized carbons (Fsp3) is 0. The van der Waals surface area contributed by atoms with Gasteiger partial charge in [0.1, 0.15) is 0 Å². The second kappa shape index (κ2) is 4.38. The summed E-state index contributed by atoms with van der Waals surface area (Å²) in [6, 6.07) is 12.6. The smallest absolute Gasteiger partial charge is 0.283 e. The van der Waals surface area contributed by atoms with Crippen LogP contribution in [0.3, 0.4) is 0 Å². The van der Waals surface area contributed by atoms with Crippen molar-refractivity contribution in [3.05, 3.63) is 42.5 Å². The third-order valence-corrected chi connectivity index (χ3v) is 2.86. The van der Waals surface area contributed by atoms with Gasteiger partial charge in [-0.05, 0) is 0 Å². The van der Waals surface area contributed by atoms with Crippen molar-refractivity contribution in [2.24, 2.45) is 0 Å². The summed E-state index contributed by atoms with van der Waals surface area (Å²) in [6.07, 6.45) is 0. The Hall–Kier alpha value is -0.793. The molecule has 3 nitrogen and oxygen atoms in total. The van der Waals surface area contributed by atoms with Crippen molar-refractivity contribution in [2.75, 3.05) is 0 Å². The van der Waals surface area contributed by atoms with Crippen LogP contribution < -0.4 is 18.9 Å². The van der Waals surface area contributed by atoms with Crippen LogP contribution in [0.25, 0.3) is 10.8 Å². The summed E-state index contributed by atoms with van der Waals surface area (Å²) >= 11 is 0. The van der Waals surface area contributed by atoms with Gasteiger partial charge in [-0.15, -0.1) is 35.7 Å². The third-order valence-electron chi connectivity index (χ3n) is 1.94. The van der Waals surface area contributed by atoms with E-state index in [9.17, 15) is 8.42 Å². The molecule has 0 saturated heterocycles. The largest absolute Gasteiger partial charge is 1.00 e. The fourth-order valence-corrected chi connectivity index (χ4v) is 2.04. The predicted octanol–water partition coefficient (Wildman–Crippen LogP) is -1.11. The molecule has 0 amide bonds. The van der Waals surface area contributed by atoms with E-state index in [4.69, 9.17) is 4.55 Å². The van der Waals surface area contributed by atoms with Crippen LogP contribution in [-0.2, 0) is 10.1 Å². The van der Waals surface area contributed by atoms with Crippen LogP contribution in [-0.4, -0.2) is 13.0 Å². The van der Waals surface area contributed by atoms with Gasteiger partial charge < -0.3 is 0 Å². The molecule has 0 aliphatic carbocycles. The number of rotatable bonds is 1. The Morgan fingerprint density at radius 3 is 2.47 bits per heavy atom. The van der Waals surface area contributed by atoms with Gasteiger partial charge in [0.05, 0.1) is 0 Å². The summed E-state index contributed by atoms with van der Waals surface area (Å²) in [6.45, 7) is 0. The van der Waals surface area contributed by atoms with E-state index in [0.29, 0.717) is 10.8 Å².